The van der Waals surface area contributed by atoms with Crippen LogP contribution in [0, 0.1) is 5.92 Å². The molecule has 56 heavy (non-hydrogen) atoms. The molecular formula is C44H47N4O7P. The lowest BCUT2D eigenvalue weighted by atomic mass is 9.94. The van der Waals surface area contributed by atoms with Crippen molar-refractivity contribution in [2.24, 2.45) is 5.92 Å². The topological polar surface area (TPSA) is 143 Å². The minimum atomic E-state index is -4.39. The van der Waals surface area contributed by atoms with E-state index >= 15 is 4.57 Å². The first-order valence-electron chi connectivity index (χ1n) is 18.7. The van der Waals surface area contributed by atoms with Gasteiger partial charge in [-0.2, -0.15) is 0 Å². The lowest BCUT2D eigenvalue weighted by molar-refractivity contribution is -0.130. The van der Waals surface area contributed by atoms with Crippen LogP contribution in [0.1, 0.15) is 57.7 Å². The normalized spacial score (nSPS) is 14.4. The van der Waals surface area contributed by atoms with E-state index < -0.39 is 49.7 Å². The van der Waals surface area contributed by atoms with Gasteiger partial charge in [0.1, 0.15) is 11.8 Å². The Morgan fingerprint density at radius 3 is 1.64 bits per heavy atom. The minimum absolute atomic E-state index is 0.0518. The number of nitrogens with zero attached hydrogens (tertiary/aromatic N) is 1. The van der Waals surface area contributed by atoms with Gasteiger partial charge < -0.3 is 19.7 Å². The standard InChI is InChI=1S/C44H47N4O7P/c1-30(2)25-37(42(50)47-38(41(49)45-3)26-31-15-7-4-8-16-31)46-39(27-48-43(51)35-23-13-21-34-22-14-24-36(40(34)35)44(48)52)56(53,54-28-32-17-9-5-10-18-32)55-29-33-19-11-6-12-20-33/h4-24,30,37-39,46H,25-29H2,1-3H3,(H,45,49)(H,47,50)/t37-,38?,39-/m0/s1. The van der Waals surface area contributed by atoms with E-state index in [1.54, 1.807) is 24.3 Å². The molecular weight excluding hydrogens is 727 g/mol. The summed E-state index contributed by atoms with van der Waals surface area (Å²) in [6.07, 6.45) is 0.472. The van der Waals surface area contributed by atoms with Gasteiger partial charge in [0.2, 0.25) is 11.8 Å². The fourth-order valence-electron chi connectivity index (χ4n) is 6.82. The van der Waals surface area contributed by atoms with Gasteiger partial charge in [0, 0.05) is 30.0 Å². The third kappa shape index (κ3) is 9.67. The van der Waals surface area contributed by atoms with Gasteiger partial charge in [-0.05, 0) is 46.5 Å². The van der Waals surface area contributed by atoms with E-state index in [-0.39, 0.29) is 37.9 Å². The van der Waals surface area contributed by atoms with Crippen molar-refractivity contribution in [1.82, 2.24) is 20.9 Å². The highest BCUT2D eigenvalue weighted by Crippen LogP contribution is 2.54. The number of hydrogen-bond acceptors (Lipinski definition) is 8. The highest BCUT2D eigenvalue weighted by atomic mass is 31.2. The van der Waals surface area contributed by atoms with Crippen LogP contribution in [-0.4, -0.2) is 60.0 Å². The van der Waals surface area contributed by atoms with Crippen LogP contribution in [0.4, 0.5) is 0 Å². The molecule has 1 unspecified atom stereocenters. The van der Waals surface area contributed by atoms with Crippen LogP contribution in [0.25, 0.3) is 10.8 Å². The summed E-state index contributed by atoms with van der Waals surface area (Å²) in [5, 5.41) is 10.1. The molecule has 290 valence electrons. The van der Waals surface area contributed by atoms with Crippen LogP contribution in [-0.2, 0) is 42.8 Å². The fourth-order valence-corrected chi connectivity index (χ4v) is 8.64. The average molecular weight is 775 g/mol. The highest BCUT2D eigenvalue weighted by molar-refractivity contribution is 7.54. The lowest BCUT2D eigenvalue weighted by Crippen LogP contribution is -2.57. The van der Waals surface area contributed by atoms with E-state index in [1.807, 2.05) is 117 Å². The predicted molar refractivity (Wildman–Crippen MR) is 216 cm³/mol. The third-order valence-electron chi connectivity index (χ3n) is 9.68. The number of carbonyl (C=O) groups excluding carboxylic acids is 4. The Morgan fingerprint density at radius 2 is 1.16 bits per heavy atom. The number of rotatable bonds is 18. The first-order valence-corrected chi connectivity index (χ1v) is 20.3. The van der Waals surface area contributed by atoms with Crippen molar-refractivity contribution in [2.75, 3.05) is 13.6 Å². The second-order valence-electron chi connectivity index (χ2n) is 14.2. The summed E-state index contributed by atoms with van der Waals surface area (Å²) in [6.45, 7) is 3.18. The summed E-state index contributed by atoms with van der Waals surface area (Å²) < 4.78 is 28.0. The Morgan fingerprint density at radius 1 is 0.661 bits per heavy atom. The fraction of sp³-hybridized carbons (Fsp3) is 0.273. The molecule has 1 heterocycles. The number of hydrogen-bond donors (Lipinski definition) is 3. The highest BCUT2D eigenvalue weighted by Gasteiger charge is 2.44. The Hall–Kier alpha value is -5.45. The number of imide groups is 1. The summed E-state index contributed by atoms with van der Waals surface area (Å²) >= 11 is 0. The van der Waals surface area contributed by atoms with E-state index in [9.17, 15) is 19.2 Å². The Kier molecular flexibility index (Phi) is 13.3. The van der Waals surface area contributed by atoms with Crippen molar-refractivity contribution in [3.63, 3.8) is 0 Å². The molecule has 0 spiro atoms. The Bertz CT molecular complexity index is 2100. The number of likely N-dealkylation sites (N-methyl/N-ethyl adjacent to an activating group) is 1. The maximum atomic E-state index is 15.5. The first kappa shape index (κ1) is 40.2. The van der Waals surface area contributed by atoms with E-state index in [2.05, 4.69) is 16.0 Å². The monoisotopic (exact) mass is 774 g/mol. The summed E-state index contributed by atoms with van der Waals surface area (Å²) in [4.78, 5) is 57.0. The largest absolute Gasteiger partial charge is 0.357 e. The molecule has 4 amide bonds. The maximum Gasteiger partial charge on any atom is 0.349 e. The summed E-state index contributed by atoms with van der Waals surface area (Å²) in [5.74, 6) is -3.49. The zero-order valence-electron chi connectivity index (χ0n) is 31.7. The second-order valence-corrected chi connectivity index (χ2v) is 16.4. The van der Waals surface area contributed by atoms with Crippen molar-refractivity contribution in [1.29, 1.82) is 0 Å². The van der Waals surface area contributed by atoms with Crippen LogP contribution in [0.3, 0.4) is 0 Å². The summed E-state index contributed by atoms with van der Waals surface area (Å²) in [7, 11) is -2.89. The minimum Gasteiger partial charge on any atom is -0.357 e. The molecule has 0 bridgehead atoms. The SMILES string of the molecule is CNC(=O)C(Cc1ccccc1)NC(=O)[C@H](CC(C)C)N[C@H](CN1C(=O)c2cccc3cccc(c23)C1=O)P(=O)(OCc1ccccc1)OCc1ccccc1. The maximum absolute atomic E-state index is 15.5. The molecule has 1 aliphatic rings. The lowest BCUT2D eigenvalue weighted by Gasteiger charge is -2.36. The van der Waals surface area contributed by atoms with E-state index in [1.165, 1.54) is 7.05 Å². The van der Waals surface area contributed by atoms with Crippen molar-refractivity contribution < 1.29 is 32.8 Å². The summed E-state index contributed by atoms with van der Waals surface area (Å²) in [5.41, 5.74) is 2.93. The Labute approximate surface area is 327 Å². The number of amides is 4. The van der Waals surface area contributed by atoms with Gasteiger partial charge >= 0.3 is 7.60 Å². The van der Waals surface area contributed by atoms with Gasteiger partial charge in [-0.25, -0.2) is 0 Å². The van der Waals surface area contributed by atoms with E-state index in [4.69, 9.17) is 9.05 Å². The predicted octanol–water partition coefficient (Wildman–Crippen LogP) is 6.87. The van der Waals surface area contributed by atoms with Crippen molar-refractivity contribution in [3.05, 3.63) is 155 Å². The van der Waals surface area contributed by atoms with Gasteiger partial charge in [0.05, 0.1) is 25.8 Å². The third-order valence-corrected chi connectivity index (χ3v) is 11.7. The molecule has 0 radical (unpaired) electrons. The van der Waals surface area contributed by atoms with E-state index in [0.29, 0.717) is 27.6 Å². The number of benzene rings is 5. The van der Waals surface area contributed by atoms with Crippen LogP contribution in [0.5, 0.6) is 0 Å². The van der Waals surface area contributed by atoms with Gasteiger partial charge in [0.25, 0.3) is 11.8 Å². The Balaban J connectivity index is 1.39. The second kappa shape index (κ2) is 18.5. The van der Waals surface area contributed by atoms with Crippen molar-refractivity contribution in [2.45, 2.75) is 57.8 Å². The van der Waals surface area contributed by atoms with Crippen molar-refractivity contribution in [3.8, 4) is 0 Å². The van der Waals surface area contributed by atoms with Crippen LogP contribution >= 0.6 is 7.60 Å². The molecule has 0 saturated heterocycles. The van der Waals surface area contributed by atoms with Crippen LogP contribution < -0.4 is 16.0 Å². The average Bonchev–Trinajstić information content (AvgIpc) is 3.22. The van der Waals surface area contributed by atoms with Gasteiger partial charge in [-0.15, -0.1) is 0 Å². The van der Waals surface area contributed by atoms with Gasteiger partial charge in [0.15, 0.2) is 0 Å². The molecule has 0 saturated carbocycles. The van der Waals surface area contributed by atoms with Gasteiger partial charge in [-0.1, -0.05) is 129 Å². The molecule has 6 rings (SSSR count). The number of carbonyl (C=O) groups is 4. The molecule has 5 aromatic rings. The molecule has 3 atom stereocenters. The quantitative estimate of drug-likeness (QED) is 0.0647. The van der Waals surface area contributed by atoms with Crippen LogP contribution in [0.2, 0.25) is 0 Å². The van der Waals surface area contributed by atoms with Crippen molar-refractivity contribution >= 4 is 42.0 Å². The van der Waals surface area contributed by atoms with Crippen LogP contribution in [0.15, 0.2) is 127 Å². The zero-order valence-corrected chi connectivity index (χ0v) is 32.6. The molecule has 11 nitrogen and oxygen atoms in total. The molecule has 3 N–H and O–H groups in total. The molecule has 1 aliphatic heterocycles. The molecule has 12 heteroatoms. The molecule has 0 aliphatic carbocycles. The smallest absolute Gasteiger partial charge is 0.349 e. The first-order chi connectivity index (χ1) is 27.1. The van der Waals surface area contributed by atoms with E-state index in [0.717, 1.165) is 15.8 Å². The zero-order chi connectivity index (χ0) is 39.7. The van der Waals surface area contributed by atoms with Gasteiger partial charge in [-0.3, -0.25) is 34.0 Å². The molecule has 0 aromatic heterocycles. The molecule has 0 fully saturated rings. The molecule has 5 aromatic carbocycles. The summed E-state index contributed by atoms with van der Waals surface area (Å²) in [6, 6.07) is 36.1. The number of nitrogens with one attached hydrogen (secondary N) is 3.